The molecule has 0 aromatic rings. The minimum Gasteiger partial charge on any atom is -0.295 e. The zero-order valence-corrected chi connectivity index (χ0v) is 16.9. The second kappa shape index (κ2) is 6.50. The van der Waals surface area contributed by atoms with Gasteiger partial charge >= 0.3 is 0 Å². The molecule has 2 heteroatoms. The van der Waals surface area contributed by atoms with Crippen LogP contribution in [0, 0.1) is 51.8 Å². The standard InChI is InChI=1S/C24H35NO/c1-4-16-14-19-20-8-7-17(6-5-13-25)23(20,2)12-10-21(19)24(3)11-9-18(26)15-22(16)24/h15-17,19-21H,4-12,14H2,1-3H3. The maximum atomic E-state index is 12.2. The number of rotatable bonds is 3. The molecule has 0 aromatic carbocycles. The fourth-order valence-electron chi connectivity index (χ4n) is 7.99. The summed E-state index contributed by atoms with van der Waals surface area (Å²) in [6.07, 6.45) is 13.6. The molecule has 0 heterocycles. The molecule has 7 unspecified atom stereocenters. The van der Waals surface area contributed by atoms with E-state index < -0.39 is 0 Å². The summed E-state index contributed by atoms with van der Waals surface area (Å²) >= 11 is 0. The molecular weight excluding hydrogens is 318 g/mol. The lowest BCUT2D eigenvalue weighted by Gasteiger charge is -2.60. The number of nitriles is 1. The summed E-state index contributed by atoms with van der Waals surface area (Å²) in [7, 11) is 0. The Balaban J connectivity index is 1.66. The summed E-state index contributed by atoms with van der Waals surface area (Å²) in [5.41, 5.74) is 2.24. The SMILES string of the molecule is CCC1CC2C(CCC3(C)C(CCC#N)CCC23)C2(C)CCC(=O)C=C12. The zero-order valence-electron chi connectivity index (χ0n) is 16.9. The van der Waals surface area contributed by atoms with Crippen LogP contribution in [-0.2, 0) is 4.79 Å². The molecule has 3 fully saturated rings. The molecule has 4 aliphatic carbocycles. The van der Waals surface area contributed by atoms with Gasteiger partial charge in [-0.2, -0.15) is 5.26 Å². The van der Waals surface area contributed by atoms with Crippen LogP contribution in [0.15, 0.2) is 11.6 Å². The van der Waals surface area contributed by atoms with Gasteiger partial charge in [0.05, 0.1) is 6.07 Å². The molecule has 0 radical (unpaired) electrons. The topological polar surface area (TPSA) is 40.9 Å². The van der Waals surface area contributed by atoms with Gasteiger partial charge in [0.1, 0.15) is 0 Å². The first-order chi connectivity index (χ1) is 12.4. The lowest BCUT2D eigenvalue weighted by atomic mass is 9.45. The van der Waals surface area contributed by atoms with Gasteiger partial charge in [-0.25, -0.2) is 0 Å². The van der Waals surface area contributed by atoms with Crippen LogP contribution in [0.2, 0.25) is 0 Å². The van der Waals surface area contributed by atoms with Gasteiger partial charge in [0.2, 0.25) is 0 Å². The number of carbonyl (C=O) groups is 1. The van der Waals surface area contributed by atoms with Crippen LogP contribution in [0.1, 0.15) is 85.0 Å². The second-order valence-corrected chi connectivity index (χ2v) is 10.2. The minimum atomic E-state index is 0.267. The predicted octanol–water partition coefficient (Wildman–Crippen LogP) is 6.07. The highest BCUT2D eigenvalue weighted by Crippen LogP contribution is 2.68. The van der Waals surface area contributed by atoms with E-state index in [0.717, 1.165) is 49.4 Å². The number of hydrogen-bond donors (Lipinski definition) is 0. The Morgan fingerprint density at radius 2 is 2.00 bits per heavy atom. The van der Waals surface area contributed by atoms with Gasteiger partial charge in [-0.05, 0) is 97.9 Å². The van der Waals surface area contributed by atoms with Crippen LogP contribution >= 0.6 is 0 Å². The van der Waals surface area contributed by atoms with Crippen molar-refractivity contribution in [3.8, 4) is 6.07 Å². The summed E-state index contributed by atoms with van der Waals surface area (Å²) < 4.78 is 0. The molecule has 0 saturated heterocycles. The molecule has 0 amide bonds. The highest BCUT2D eigenvalue weighted by Gasteiger charge is 2.59. The maximum Gasteiger partial charge on any atom is 0.155 e. The van der Waals surface area contributed by atoms with Crippen molar-refractivity contribution in [1.29, 1.82) is 5.26 Å². The molecule has 3 saturated carbocycles. The van der Waals surface area contributed by atoms with Gasteiger partial charge in [0.15, 0.2) is 5.78 Å². The van der Waals surface area contributed by atoms with Crippen molar-refractivity contribution in [2.45, 2.75) is 85.0 Å². The van der Waals surface area contributed by atoms with Crippen molar-refractivity contribution >= 4 is 5.78 Å². The third-order valence-electron chi connectivity index (χ3n) is 9.41. The largest absolute Gasteiger partial charge is 0.295 e. The van der Waals surface area contributed by atoms with E-state index in [1.807, 2.05) is 0 Å². The van der Waals surface area contributed by atoms with Crippen molar-refractivity contribution < 1.29 is 4.79 Å². The number of nitrogens with zero attached hydrogens (tertiary/aromatic N) is 1. The van der Waals surface area contributed by atoms with E-state index >= 15 is 0 Å². The van der Waals surface area contributed by atoms with E-state index in [4.69, 9.17) is 5.26 Å². The van der Waals surface area contributed by atoms with Gasteiger partial charge in [-0.3, -0.25) is 4.79 Å². The summed E-state index contributed by atoms with van der Waals surface area (Å²) in [4.78, 5) is 12.2. The quantitative estimate of drug-likeness (QED) is 0.617. The molecule has 0 N–H and O–H groups in total. The second-order valence-electron chi connectivity index (χ2n) is 10.2. The van der Waals surface area contributed by atoms with Crippen molar-refractivity contribution in [3.63, 3.8) is 0 Å². The maximum absolute atomic E-state index is 12.2. The summed E-state index contributed by atoms with van der Waals surface area (Å²) in [6, 6.07) is 2.39. The van der Waals surface area contributed by atoms with Gasteiger partial charge in [-0.1, -0.05) is 26.3 Å². The Kier molecular flexibility index (Phi) is 4.57. The molecule has 7 atom stereocenters. The Labute approximate surface area is 159 Å². The molecule has 0 aliphatic heterocycles. The smallest absolute Gasteiger partial charge is 0.155 e. The first-order valence-electron chi connectivity index (χ1n) is 11.1. The number of ketones is 1. The summed E-state index contributed by atoms with van der Waals surface area (Å²) in [6.45, 7) is 7.37. The monoisotopic (exact) mass is 353 g/mol. The van der Waals surface area contributed by atoms with Gasteiger partial charge < -0.3 is 0 Å². The van der Waals surface area contributed by atoms with Crippen LogP contribution in [-0.4, -0.2) is 5.78 Å². The number of fused-ring (bicyclic) bond motifs is 5. The molecule has 0 aromatic heterocycles. The lowest BCUT2D eigenvalue weighted by molar-refractivity contribution is -0.118. The average Bonchev–Trinajstić information content (AvgIpc) is 2.96. The number of carbonyl (C=O) groups excluding carboxylic acids is 1. The zero-order chi connectivity index (χ0) is 18.5. The van der Waals surface area contributed by atoms with Crippen LogP contribution in [0.3, 0.4) is 0 Å². The third kappa shape index (κ3) is 2.53. The molecule has 2 nitrogen and oxygen atoms in total. The minimum absolute atomic E-state index is 0.267. The normalized spacial score (nSPS) is 47.4. The van der Waals surface area contributed by atoms with Gasteiger partial charge in [0.25, 0.3) is 0 Å². The molecule has 0 bridgehead atoms. The van der Waals surface area contributed by atoms with E-state index in [-0.39, 0.29) is 5.41 Å². The highest BCUT2D eigenvalue weighted by atomic mass is 16.1. The van der Waals surface area contributed by atoms with E-state index in [0.29, 0.717) is 17.1 Å². The van der Waals surface area contributed by atoms with E-state index in [9.17, 15) is 4.79 Å². The van der Waals surface area contributed by atoms with Crippen molar-refractivity contribution in [3.05, 3.63) is 11.6 Å². The molecule has 4 rings (SSSR count). The van der Waals surface area contributed by atoms with E-state index in [2.05, 4.69) is 32.9 Å². The average molecular weight is 354 g/mol. The Morgan fingerprint density at radius 1 is 1.19 bits per heavy atom. The molecule has 4 aliphatic rings. The first-order valence-corrected chi connectivity index (χ1v) is 11.1. The van der Waals surface area contributed by atoms with Crippen molar-refractivity contribution in [2.24, 2.45) is 40.4 Å². The van der Waals surface area contributed by atoms with Crippen LogP contribution in [0.25, 0.3) is 0 Å². The lowest BCUT2D eigenvalue weighted by Crippen LogP contribution is -2.52. The summed E-state index contributed by atoms with van der Waals surface area (Å²) in [5, 5.41) is 9.06. The van der Waals surface area contributed by atoms with E-state index in [1.54, 1.807) is 0 Å². The molecule has 0 spiro atoms. The Bertz CT molecular complexity index is 658. The van der Waals surface area contributed by atoms with Crippen LogP contribution < -0.4 is 0 Å². The van der Waals surface area contributed by atoms with Crippen molar-refractivity contribution in [1.82, 2.24) is 0 Å². The first kappa shape index (κ1) is 18.3. The Morgan fingerprint density at radius 3 is 2.73 bits per heavy atom. The number of allylic oxidation sites excluding steroid dienone is 1. The van der Waals surface area contributed by atoms with Gasteiger partial charge in [-0.15, -0.1) is 0 Å². The molecular formula is C24H35NO. The van der Waals surface area contributed by atoms with E-state index in [1.165, 1.54) is 44.1 Å². The molecule has 142 valence electrons. The molecule has 26 heavy (non-hydrogen) atoms. The predicted molar refractivity (Wildman–Crippen MR) is 104 cm³/mol. The summed E-state index contributed by atoms with van der Waals surface area (Å²) in [5.74, 6) is 4.19. The number of hydrogen-bond acceptors (Lipinski definition) is 2. The van der Waals surface area contributed by atoms with Crippen LogP contribution in [0.5, 0.6) is 0 Å². The van der Waals surface area contributed by atoms with Crippen molar-refractivity contribution in [2.75, 3.05) is 0 Å². The third-order valence-corrected chi connectivity index (χ3v) is 9.41. The Hall–Kier alpha value is -1.10. The van der Waals surface area contributed by atoms with Gasteiger partial charge in [0, 0.05) is 12.8 Å². The fraction of sp³-hybridized carbons (Fsp3) is 0.833. The highest BCUT2D eigenvalue weighted by molar-refractivity contribution is 5.91. The van der Waals surface area contributed by atoms with Crippen LogP contribution in [0.4, 0.5) is 0 Å². The fourth-order valence-corrected chi connectivity index (χ4v) is 7.99.